The van der Waals surface area contributed by atoms with Crippen molar-refractivity contribution in [1.82, 2.24) is 9.55 Å². The van der Waals surface area contributed by atoms with Gasteiger partial charge in [-0.15, -0.1) is 0 Å². The highest BCUT2D eigenvalue weighted by Gasteiger charge is 2.39. The topological polar surface area (TPSA) is 34.9 Å². The highest BCUT2D eigenvalue weighted by molar-refractivity contribution is 5.74. The Morgan fingerprint density at radius 3 is 2.37 bits per heavy atom. The monoisotopic (exact) mass is 268 g/mol. The van der Waals surface area contributed by atoms with Crippen molar-refractivity contribution in [2.24, 2.45) is 0 Å². The van der Waals surface area contributed by atoms with Gasteiger partial charge in [0.2, 0.25) is 0 Å². The molecule has 19 heavy (non-hydrogen) atoms. The van der Waals surface area contributed by atoms with Crippen molar-refractivity contribution < 1.29 is 18.0 Å². The van der Waals surface area contributed by atoms with Gasteiger partial charge in [-0.25, -0.2) is 4.98 Å². The highest BCUT2D eigenvalue weighted by atomic mass is 19.4. The van der Waals surface area contributed by atoms with E-state index in [1.165, 1.54) is 4.57 Å². The van der Waals surface area contributed by atoms with Crippen molar-refractivity contribution in [3.63, 3.8) is 0 Å². The molecule has 0 saturated heterocycles. The summed E-state index contributed by atoms with van der Waals surface area (Å²) in [5.74, 6) is -0.214. The molecule has 0 fully saturated rings. The number of alkyl halides is 3. The van der Waals surface area contributed by atoms with Gasteiger partial charge in [-0.05, 0) is 6.92 Å². The molecule has 1 aromatic carbocycles. The molecule has 100 valence electrons. The summed E-state index contributed by atoms with van der Waals surface area (Å²) in [5, 5.41) is 0. The van der Waals surface area contributed by atoms with Crippen LogP contribution in [0.1, 0.15) is 23.2 Å². The van der Waals surface area contributed by atoms with E-state index in [9.17, 15) is 18.0 Å². The zero-order valence-corrected chi connectivity index (χ0v) is 10.1. The number of carbonyl (C=O) groups is 1. The number of benzene rings is 1. The molecular formula is C13H11F3N2O. The largest absolute Gasteiger partial charge is 0.435 e. The number of aldehydes is 1. The first-order valence-corrected chi connectivity index (χ1v) is 5.67. The van der Waals surface area contributed by atoms with Crippen LogP contribution in [0.25, 0.3) is 11.3 Å². The molecule has 3 nitrogen and oxygen atoms in total. The van der Waals surface area contributed by atoms with Gasteiger partial charge in [0.25, 0.3) is 0 Å². The normalized spacial score (nSPS) is 11.6. The summed E-state index contributed by atoms with van der Waals surface area (Å²) in [4.78, 5) is 14.3. The number of hydrogen-bond acceptors (Lipinski definition) is 2. The van der Waals surface area contributed by atoms with Crippen LogP contribution in [-0.4, -0.2) is 15.8 Å². The Morgan fingerprint density at radius 2 is 1.89 bits per heavy atom. The molecular weight excluding hydrogens is 257 g/mol. The molecule has 0 N–H and O–H groups in total. The van der Waals surface area contributed by atoms with Gasteiger partial charge in [0.15, 0.2) is 17.8 Å². The standard InChI is InChI=1S/C13H11F3N2O/c1-2-18-10(8-19)17-12(13(14,15)16)11(18)9-6-4-3-5-7-9/h3-8H,2H2,1H3. The van der Waals surface area contributed by atoms with Crippen molar-refractivity contribution in [2.75, 3.05) is 0 Å². The lowest BCUT2D eigenvalue weighted by Gasteiger charge is -2.10. The van der Waals surface area contributed by atoms with Crippen LogP contribution in [0.15, 0.2) is 30.3 Å². The van der Waals surface area contributed by atoms with Gasteiger partial charge >= 0.3 is 6.18 Å². The Bertz CT molecular complexity index is 588. The fraction of sp³-hybridized carbons (Fsp3) is 0.231. The summed E-state index contributed by atoms with van der Waals surface area (Å²) < 4.78 is 40.3. The van der Waals surface area contributed by atoms with Crippen LogP contribution in [0.2, 0.25) is 0 Å². The van der Waals surface area contributed by atoms with Crippen molar-refractivity contribution in [2.45, 2.75) is 19.6 Å². The Kier molecular flexibility index (Phi) is 3.42. The van der Waals surface area contributed by atoms with Crippen LogP contribution in [0, 0.1) is 0 Å². The van der Waals surface area contributed by atoms with Crippen molar-refractivity contribution in [1.29, 1.82) is 0 Å². The van der Waals surface area contributed by atoms with Crippen LogP contribution >= 0.6 is 0 Å². The van der Waals surface area contributed by atoms with Gasteiger partial charge in [-0.3, -0.25) is 4.79 Å². The summed E-state index contributed by atoms with van der Waals surface area (Å²) in [7, 11) is 0. The maximum atomic E-state index is 13.0. The lowest BCUT2D eigenvalue weighted by molar-refractivity contribution is -0.140. The fourth-order valence-electron chi connectivity index (χ4n) is 1.97. The number of rotatable bonds is 3. The minimum atomic E-state index is -4.59. The molecule has 0 atom stereocenters. The molecule has 0 bridgehead atoms. The lowest BCUT2D eigenvalue weighted by Crippen LogP contribution is -2.08. The minimum absolute atomic E-state index is 0.0716. The van der Waals surface area contributed by atoms with E-state index in [1.807, 2.05) is 0 Å². The lowest BCUT2D eigenvalue weighted by atomic mass is 10.1. The first kappa shape index (κ1) is 13.3. The second-order valence-electron chi connectivity index (χ2n) is 3.89. The fourth-order valence-corrected chi connectivity index (χ4v) is 1.97. The van der Waals surface area contributed by atoms with Crippen LogP contribution < -0.4 is 0 Å². The van der Waals surface area contributed by atoms with E-state index in [0.717, 1.165) is 0 Å². The molecule has 0 aliphatic carbocycles. The Balaban J connectivity index is 2.76. The van der Waals surface area contributed by atoms with Crippen LogP contribution in [0.3, 0.4) is 0 Å². The van der Waals surface area contributed by atoms with Crippen molar-refractivity contribution >= 4 is 6.29 Å². The van der Waals surface area contributed by atoms with E-state index in [0.29, 0.717) is 11.8 Å². The van der Waals surface area contributed by atoms with E-state index in [1.54, 1.807) is 37.3 Å². The Morgan fingerprint density at radius 1 is 1.26 bits per heavy atom. The maximum absolute atomic E-state index is 13.0. The third-order valence-corrected chi connectivity index (χ3v) is 2.73. The van der Waals surface area contributed by atoms with E-state index in [4.69, 9.17) is 0 Å². The van der Waals surface area contributed by atoms with Crippen LogP contribution in [0.4, 0.5) is 13.2 Å². The smallest absolute Gasteiger partial charge is 0.322 e. The molecule has 6 heteroatoms. The van der Waals surface area contributed by atoms with Gasteiger partial charge in [0.05, 0.1) is 5.69 Å². The molecule has 0 amide bonds. The number of carbonyl (C=O) groups excluding carboxylic acids is 1. The second kappa shape index (κ2) is 4.87. The number of aromatic nitrogens is 2. The number of hydrogen-bond donors (Lipinski definition) is 0. The molecule has 0 radical (unpaired) electrons. The van der Waals surface area contributed by atoms with E-state index in [-0.39, 0.29) is 18.1 Å². The number of halogens is 3. The third-order valence-electron chi connectivity index (χ3n) is 2.73. The molecule has 0 aliphatic heterocycles. The molecule has 0 saturated carbocycles. The summed E-state index contributed by atoms with van der Waals surface area (Å²) >= 11 is 0. The van der Waals surface area contributed by atoms with E-state index >= 15 is 0 Å². The Labute approximate surface area is 107 Å². The first-order valence-electron chi connectivity index (χ1n) is 5.67. The molecule has 2 aromatic rings. The average molecular weight is 268 g/mol. The van der Waals surface area contributed by atoms with E-state index < -0.39 is 11.9 Å². The van der Waals surface area contributed by atoms with Gasteiger partial charge < -0.3 is 4.57 Å². The van der Waals surface area contributed by atoms with Crippen molar-refractivity contribution in [3.05, 3.63) is 41.9 Å². The molecule has 0 unspecified atom stereocenters. The second-order valence-corrected chi connectivity index (χ2v) is 3.89. The van der Waals surface area contributed by atoms with Crippen LogP contribution in [-0.2, 0) is 12.7 Å². The summed E-state index contributed by atoms with van der Waals surface area (Å²) in [6, 6.07) is 8.12. The molecule has 2 rings (SSSR count). The summed E-state index contributed by atoms with van der Waals surface area (Å²) in [5.41, 5.74) is -0.711. The Hall–Kier alpha value is -2.11. The molecule has 0 aliphatic rings. The average Bonchev–Trinajstić information content (AvgIpc) is 2.78. The van der Waals surface area contributed by atoms with E-state index in [2.05, 4.69) is 4.98 Å². The molecule has 0 spiro atoms. The third kappa shape index (κ3) is 2.38. The zero-order valence-electron chi connectivity index (χ0n) is 10.1. The predicted molar refractivity (Wildman–Crippen MR) is 63.7 cm³/mol. The SMILES string of the molecule is CCn1c(C=O)nc(C(F)(F)F)c1-c1ccccc1. The van der Waals surface area contributed by atoms with Gasteiger partial charge in [0, 0.05) is 12.1 Å². The molecule has 1 heterocycles. The van der Waals surface area contributed by atoms with Crippen LogP contribution in [0.5, 0.6) is 0 Å². The maximum Gasteiger partial charge on any atom is 0.435 e. The van der Waals surface area contributed by atoms with Gasteiger partial charge in [0.1, 0.15) is 0 Å². The first-order chi connectivity index (χ1) is 8.99. The van der Waals surface area contributed by atoms with Crippen molar-refractivity contribution in [3.8, 4) is 11.3 Å². The zero-order chi connectivity index (χ0) is 14.0. The number of imidazole rings is 1. The summed E-state index contributed by atoms with van der Waals surface area (Å²) in [6.45, 7) is 1.91. The molecule has 1 aromatic heterocycles. The van der Waals surface area contributed by atoms with Gasteiger partial charge in [-0.2, -0.15) is 13.2 Å². The van der Waals surface area contributed by atoms with Gasteiger partial charge in [-0.1, -0.05) is 30.3 Å². The number of nitrogens with zero attached hydrogens (tertiary/aromatic N) is 2. The summed E-state index contributed by atoms with van der Waals surface area (Å²) in [6.07, 6.45) is -4.26. The minimum Gasteiger partial charge on any atom is -0.322 e. The predicted octanol–water partition coefficient (Wildman–Crippen LogP) is 3.40. The highest BCUT2D eigenvalue weighted by Crippen LogP contribution is 2.36. The quantitative estimate of drug-likeness (QED) is 0.800.